The number of ketones is 1. The van der Waals surface area contributed by atoms with E-state index in [4.69, 9.17) is 11.5 Å². The number of rotatable bonds is 17. The topological polar surface area (TPSA) is 197 Å². The van der Waals surface area contributed by atoms with Crippen molar-refractivity contribution in [2.24, 2.45) is 23.3 Å². The molecule has 0 aromatic heterocycles. The van der Waals surface area contributed by atoms with Crippen molar-refractivity contribution in [1.29, 1.82) is 0 Å². The summed E-state index contributed by atoms with van der Waals surface area (Å²) in [6, 6.07) is 7.76. The van der Waals surface area contributed by atoms with Gasteiger partial charge in [0.1, 0.15) is 11.8 Å². The Balaban J connectivity index is 1.56. The maximum absolute atomic E-state index is 13.3. The minimum Gasteiger partial charge on any atom is -0.391 e. The number of hydrogen-bond acceptors (Lipinski definition) is 7. The van der Waals surface area contributed by atoms with Crippen molar-refractivity contribution in [3.05, 3.63) is 35.9 Å². The molecule has 0 bridgehead atoms. The molecular formula is C34H54N6O6. The van der Waals surface area contributed by atoms with E-state index in [0.29, 0.717) is 51.1 Å². The summed E-state index contributed by atoms with van der Waals surface area (Å²) in [5.74, 6) is -2.22. The maximum atomic E-state index is 13.3. The first-order valence-corrected chi connectivity index (χ1v) is 17.0. The molecule has 2 aliphatic rings. The molecular weight excluding hydrogens is 588 g/mol. The van der Waals surface area contributed by atoms with Crippen LogP contribution in [0.3, 0.4) is 0 Å². The van der Waals surface area contributed by atoms with Crippen LogP contribution in [0, 0.1) is 11.8 Å². The van der Waals surface area contributed by atoms with Crippen LogP contribution in [0.2, 0.25) is 0 Å². The van der Waals surface area contributed by atoms with Crippen molar-refractivity contribution < 1.29 is 29.1 Å². The highest BCUT2D eigenvalue weighted by Crippen LogP contribution is 2.28. The van der Waals surface area contributed by atoms with Gasteiger partial charge < -0.3 is 37.4 Å². The van der Waals surface area contributed by atoms with Crippen molar-refractivity contribution in [1.82, 2.24) is 20.9 Å². The number of Topliss-reactive ketones (excluding diaryl/α,β-unsaturated/α-hetero) is 1. The summed E-state index contributed by atoms with van der Waals surface area (Å²) >= 11 is 0. The molecule has 8 N–H and O–H groups in total. The molecule has 1 aliphatic carbocycles. The van der Waals surface area contributed by atoms with Gasteiger partial charge in [0.15, 0.2) is 0 Å². The molecule has 12 heteroatoms. The Kier molecular flexibility index (Phi) is 15.4. The second-order valence-corrected chi connectivity index (χ2v) is 12.9. The minimum absolute atomic E-state index is 0.00549. The molecule has 4 atom stereocenters. The van der Waals surface area contributed by atoms with Gasteiger partial charge in [0.05, 0.1) is 18.1 Å². The Morgan fingerprint density at radius 2 is 1.63 bits per heavy atom. The zero-order valence-corrected chi connectivity index (χ0v) is 27.3. The van der Waals surface area contributed by atoms with Gasteiger partial charge in [0.25, 0.3) is 0 Å². The molecule has 1 saturated carbocycles. The summed E-state index contributed by atoms with van der Waals surface area (Å²) in [5, 5.41) is 19.7. The van der Waals surface area contributed by atoms with Crippen LogP contribution in [0.5, 0.6) is 0 Å². The molecule has 256 valence electrons. The standard InChI is InChI=1S/C34H54N6O6/c1-2-26(32(36)44)29(41)13-14-30(42)27(21-23-9-5-3-6-10-23)38-31(43)15-18-37-33(45)28(22-24-11-7-4-8-12-24)39-34(46)40-19-16-25(35)17-20-40/h4,7-8,11-12,23,25-28,30,42H,2-3,5-6,9-10,13-22,35H2,1H3,(H2,36,44)(H,37,45)(H,38,43)(H,39,46)/t26?,27-,28-,30-/m0/s1. The molecule has 1 aliphatic heterocycles. The van der Waals surface area contributed by atoms with Gasteiger partial charge in [-0.15, -0.1) is 0 Å². The van der Waals surface area contributed by atoms with Crippen molar-refractivity contribution in [3.63, 3.8) is 0 Å². The number of likely N-dealkylation sites (tertiary alicyclic amines) is 1. The van der Waals surface area contributed by atoms with Gasteiger partial charge >= 0.3 is 6.03 Å². The van der Waals surface area contributed by atoms with E-state index in [-0.39, 0.29) is 49.6 Å². The number of benzene rings is 1. The SMILES string of the molecule is CCC(C(N)=O)C(=O)CC[C@H](O)[C@H](CC1CCCCC1)NC(=O)CCNC(=O)[C@H](Cc1ccccc1)NC(=O)N1CCC(N)CC1. The lowest BCUT2D eigenvalue weighted by Gasteiger charge is -2.31. The van der Waals surface area contributed by atoms with E-state index in [2.05, 4.69) is 16.0 Å². The smallest absolute Gasteiger partial charge is 0.318 e. The van der Waals surface area contributed by atoms with Gasteiger partial charge in [-0.05, 0) is 43.6 Å². The number of amides is 5. The van der Waals surface area contributed by atoms with Crippen molar-refractivity contribution in [3.8, 4) is 0 Å². The molecule has 1 heterocycles. The van der Waals surface area contributed by atoms with E-state index in [1.165, 1.54) is 6.42 Å². The van der Waals surface area contributed by atoms with Gasteiger partial charge in [0, 0.05) is 44.9 Å². The fourth-order valence-electron chi connectivity index (χ4n) is 6.45. The van der Waals surface area contributed by atoms with Crippen molar-refractivity contribution >= 4 is 29.5 Å². The Morgan fingerprint density at radius 3 is 2.26 bits per heavy atom. The number of hydrogen-bond donors (Lipinski definition) is 6. The summed E-state index contributed by atoms with van der Waals surface area (Å²) in [5.41, 5.74) is 12.2. The number of aliphatic hydroxyl groups excluding tert-OH is 1. The molecule has 1 aromatic carbocycles. The van der Waals surface area contributed by atoms with Gasteiger partial charge in [-0.2, -0.15) is 0 Å². The highest BCUT2D eigenvalue weighted by Gasteiger charge is 2.30. The molecule has 1 unspecified atom stereocenters. The van der Waals surface area contributed by atoms with Gasteiger partial charge in [-0.1, -0.05) is 69.4 Å². The van der Waals surface area contributed by atoms with Crippen LogP contribution < -0.4 is 27.4 Å². The van der Waals surface area contributed by atoms with Crippen LogP contribution in [0.15, 0.2) is 30.3 Å². The molecule has 12 nitrogen and oxygen atoms in total. The highest BCUT2D eigenvalue weighted by atomic mass is 16.3. The third-order valence-electron chi connectivity index (χ3n) is 9.32. The van der Waals surface area contributed by atoms with Crippen molar-refractivity contribution in [2.75, 3.05) is 19.6 Å². The lowest BCUT2D eigenvalue weighted by atomic mass is 9.83. The second kappa shape index (κ2) is 19.2. The Hall–Kier alpha value is -3.51. The van der Waals surface area contributed by atoms with Gasteiger partial charge in [-0.25, -0.2) is 4.79 Å². The van der Waals surface area contributed by atoms with E-state index >= 15 is 0 Å². The Labute approximate surface area is 272 Å². The number of nitrogens with two attached hydrogens (primary N) is 2. The highest BCUT2D eigenvalue weighted by molar-refractivity contribution is 6.00. The van der Waals surface area contributed by atoms with Crippen LogP contribution in [-0.2, 0) is 25.6 Å². The van der Waals surface area contributed by atoms with E-state index in [1.54, 1.807) is 11.8 Å². The van der Waals surface area contributed by atoms with Gasteiger partial charge in [0.2, 0.25) is 17.7 Å². The molecule has 3 rings (SSSR count). The molecule has 0 spiro atoms. The van der Waals surface area contributed by atoms with Crippen LogP contribution >= 0.6 is 0 Å². The second-order valence-electron chi connectivity index (χ2n) is 12.9. The quantitative estimate of drug-likeness (QED) is 0.140. The Bertz CT molecular complexity index is 1140. The molecule has 5 amide bonds. The number of nitrogens with one attached hydrogen (secondary N) is 3. The third kappa shape index (κ3) is 12.4. The first kappa shape index (κ1) is 37.0. The number of piperidine rings is 1. The number of nitrogens with zero attached hydrogens (tertiary/aromatic N) is 1. The number of aliphatic hydroxyl groups is 1. The van der Waals surface area contributed by atoms with E-state index in [0.717, 1.165) is 31.2 Å². The van der Waals surface area contributed by atoms with Crippen molar-refractivity contribution in [2.45, 2.75) is 115 Å². The molecule has 2 fully saturated rings. The summed E-state index contributed by atoms with van der Waals surface area (Å²) in [7, 11) is 0. The normalized spacial score (nSPS) is 18.5. The molecule has 46 heavy (non-hydrogen) atoms. The predicted octanol–water partition coefficient (Wildman–Crippen LogP) is 1.91. The number of primary amides is 1. The minimum atomic E-state index is -0.968. The summed E-state index contributed by atoms with van der Waals surface area (Å²) < 4.78 is 0. The summed E-state index contributed by atoms with van der Waals surface area (Å²) in [6.07, 6.45) is 7.15. The van der Waals surface area contributed by atoms with E-state index in [1.807, 2.05) is 30.3 Å². The largest absolute Gasteiger partial charge is 0.391 e. The predicted molar refractivity (Wildman–Crippen MR) is 175 cm³/mol. The average Bonchev–Trinajstić information content (AvgIpc) is 3.04. The molecule has 0 radical (unpaired) electrons. The lowest BCUT2D eigenvalue weighted by Crippen LogP contribution is -2.54. The monoisotopic (exact) mass is 642 g/mol. The maximum Gasteiger partial charge on any atom is 0.318 e. The number of carbonyl (C=O) groups excluding carboxylic acids is 5. The zero-order valence-electron chi connectivity index (χ0n) is 27.3. The van der Waals surface area contributed by atoms with Crippen LogP contribution in [-0.4, -0.2) is 83.4 Å². The number of urea groups is 1. The number of carbonyl (C=O) groups is 5. The van der Waals surface area contributed by atoms with E-state index < -0.39 is 35.9 Å². The third-order valence-corrected chi connectivity index (χ3v) is 9.32. The summed E-state index contributed by atoms with van der Waals surface area (Å²) in [6.45, 7) is 2.82. The van der Waals surface area contributed by atoms with Crippen LogP contribution in [0.4, 0.5) is 4.79 Å². The first-order valence-electron chi connectivity index (χ1n) is 17.0. The Morgan fingerprint density at radius 1 is 0.957 bits per heavy atom. The fraction of sp³-hybridized carbons (Fsp3) is 0.676. The van der Waals surface area contributed by atoms with Gasteiger partial charge in [-0.3, -0.25) is 19.2 Å². The average molecular weight is 643 g/mol. The lowest BCUT2D eigenvalue weighted by molar-refractivity contribution is -0.132. The zero-order chi connectivity index (χ0) is 33.5. The van der Waals surface area contributed by atoms with Crippen LogP contribution in [0.25, 0.3) is 0 Å². The fourth-order valence-corrected chi connectivity index (χ4v) is 6.45. The molecule has 1 aromatic rings. The first-order chi connectivity index (χ1) is 22.1. The summed E-state index contributed by atoms with van der Waals surface area (Å²) in [4.78, 5) is 65.1. The van der Waals surface area contributed by atoms with Crippen LogP contribution in [0.1, 0.15) is 89.5 Å². The van der Waals surface area contributed by atoms with E-state index in [9.17, 15) is 29.1 Å². The molecule has 1 saturated heterocycles.